The first-order chi connectivity index (χ1) is 9.65. The van der Waals surface area contributed by atoms with E-state index in [1.807, 2.05) is 37.3 Å². The normalized spacial score (nSPS) is 10.6. The number of hydrogen-bond donors (Lipinski definition) is 1. The van der Waals surface area contributed by atoms with E-state index in [0.717, 1.165) is 11.3 Å². The first kappa shape index (κ1) is 15.0. The summed E-state index contributed by atoms with van der Waals surface area (Å²) in [5, 5.41) is 3.23. The second-order valence-corrected chi connectivity index (χ2v) is 5.44. The number of aryl methyl sites for hydroxylation is 1. The maximum absolute atomic E-state index is 13.3. The molecule has 0 fully saturated rings. The molecule has 0 spiro atoms. The van der Waals surface area contributed by atoms with Crippen LogP contribution in [0.15, 0.2) is 46.9 Å². The summed E-state index contributed by atoms with van der Waals surface area (Å²) in [5.41, 5.74) is 2.10. The van der Waals surface area contributed by atoms with Gasteiger partial charge in [0.25, 0.3) is 0 Å². The Labute approximate surface area is 127 Å². The van der Waals surface area contributed by atoms with Crippen molar-refractivity contribution >= 4 is 15.9 Å². The molecule has 1 N–H and O–H groups in total. The average molecular weight is 338 g/mol. The summed E-state index contributed by atoms with van der Waals surface area (Å²) in [7, 11) is 0. The SMILES string of the molecule is Cc1cccc(OCCNCc2ccc(Br)c(F)c2)c1. The van der Waals surface area contributed by atoms with Crippen molar-refractivity contribution in [2.75, 3.05) is 13.2 Å². The van der Waals surface area contributed by atoms with Crippen molar-refractivity contribution in [3.05, 3.63) is 63.9 Å². The maximum atomic E-state index is 13.3. The largest absolute Gasteiger partial charge is 0.492 e. The van der Waals surface area contributed by atoms with Gasteiger partial charge in [0.1, 0.15) is 18.2 Å². The van der Waals surface area contributed by atoms with Gasteiger partial charge in [0, 0.05) is 13.1 Å². The van der Waals surface area contributed by atoms with Crippen molar-refractivity contribution in [2.45, 2.75) is 13.5 Å². The molecule has 2 rings (SSSR count). The van der Waals surface area contributed by atoms with E-state index in [9.17, 15) is 4.39 Å². The van der Waals surface area contributed by atoms with E-state index < -0.39 is 0 Å². The summed E-state index contributed by atoms with van der Waals surface area (Å²) in [5.74, 6) is 0.641. The molecule has 0 aromatic heterocycles. The lowest BCUT2D eigenvalue weighted by molar-refractivity contribution is 0.313. The van der Waals surface area contributed by atoms with E-state index in [1.165, 1.54) is 11.6 Å². The molecule has 0 radical (unpaired) electrons. The second kappa shape index (κ2) is 7.41. The standard InChI is InChI=1S/C16H17BrFNO/c1-12-3-2-4-14(9-12)20-8-7-19-11-13-5-6-15(17)16(18)10-13/h2-6,9-10,19H,7-8,11H2,1H3. The van der Waals surface area contributed by atoms with Gasteiger partial charge in [-0.1, -0.05) is 18.2 Å². The quantitative estimate of drug-likeness (QED) is 0.802. The number of halogens is 2. The Hall–Kier alpha value is -1.39. The zero-order valence-corrected chi connectivity index (χ0v) is 12.9. The third-order valence-electron chi connectivity index (χ3n) is 2.85. The topological polar surface area (TPSA) is 21.3 Å². The summed E-state index contributed by atoms with van der Waals surface area (Å²) in [6.45, 7) is 3.96. The summed E-state index contributed by atoms with van der Waals surface area (Å²) in [6.07, 6.45) is 0. The van der Waals surface area contributed by atoms with E-state index in [4.69, 9.17) is 4.74 Å². The van der Waals surface area contributed by atoms with Gasteiger partial charge < -0.3 is 10.1 Å². The van der Waals surface area contributed by atoms with Gasteiger partial charge in [-0.25, -0.2) is 4.39 Å². The molecule has 2 nitrogen and oxygen atoms in total. The lowest BCUT2D eigenvalue weighted by atomic mass is 10.2. The lowest BCUT2D eigenvalue weighted by Crippen LogP contribution is -2.20. The number of nitrogens with one attached hydrogen (secondary N) is 1. The predicted molar refractivity (Wildman–Crippen MR) is 82.5 cm³/mol. The fraction of sp³-hybridized carbons (Fsp3) is 0.250. The highest BCUT2D eigenvalue weighted by atomic mass is 79.9. The van der Waals surface area contributed by atoms with E-state index >= 15 is 0 Å². The van der Waals surface area contributed by atoms with Gasteiger partial charge in [-0.2, -0.15) is 0 Å². The first-order valence-corrected chi connectivity index (χ1v) is 7.28. The smallest absolute Gasteiger partial charge is 0.137 e. The Morgan fingerprint density at radius 1 is 1.20 bits per heavy atom. The second-order valence-electron chi connectivity index (χ2n) is 4.59. The van der Waals surface area contributed by atoms with E-state index in [2.05, 4.69) is 21.2 Å². The Kier molecular flexibility index (Phi) is 5.56. The van der Waals surface area contributed by atoms with Gasteiger partial charge in [0.05, 0.1) is 4.47 Å². The van der Waals surface area contributed by atoms with Gasteiger partial charge in [0.15, 0.2) is 0 Å². The maximum Gasteiger partial charge on any atom is 0.137 e. The fourth-order valence-corrected chi connectivity index (χ4v) is 2.08. The number of hydrogen-bond acceptors (Lipinski definition) is 2. The van der Waals surface area contributed by atoms with E-state index in [-0.39, 0.29) is 5.82 Å². The molecule has 0 heterocycles. The van der Waals surface area contributed by atoms with Crippen LogP contribution in [0.4, 0.5) is 4.39 Å². The van der Waals surface area contributed by atoms with Crippen molar-refractivity contribution in [1.82, 2.24) is 5.32 Å². The Morgan fingerprint density at radius 3 is 2.80 bits per heavy atom. The fourth-order valence-electron chi connectivity index (χ4n) is 1.83. The number of rotatable bonds is 6. The molecule has 0 amide bonds. The molecular weight excluding hydrogens is 321 g/mol. The summed E-state index contributed by atoms with van der Waals surface area (Å²) >= 11 is 3.14. The van der Waals surface area contributed by atoms with Gasteiger partial charge >= 0.3 is 0 Å². The molecule has 0 aliphatic rings. The van der Waals surface area contributed by atoms with Gasteiger partial charge in [0.2, 0.25) is 0 Å². The van der Waals surface area contributed by atoms with Crippen molar-refractivity contribution < 1.29 is 9.13 Å². The van der Waals surface area contributed by atoms with Crippen LogP contribution >= 0.6 is 15.9 Å². The third kappa shape index (κ3) is 4.62. The zero-order valence-electron chi connectivity index (χ0n) is 11.3. The molecule has 20 heavy (non-hydrogen) atoms. The minimum atomic E-state index is -0.236. The molecule has 2 aromatic rings. The van der Waals surface area contributed by atoms with Crippen LogP contribution in [0.1, 0.15) is 11.1 Å². The molecule has 0 saturated heterocycles. The van der Waals surface area contributed by atoms with Crippen molar-refractivity contribution in [2.24, 2.45) is 0 Å². The summed E-state index contributed by atoms with van der Waals surface area (Å²) in [6, 6.07) is 13.1. The van der Waals surface area contributed by atoms with Crippen molar-refractivity contribution in [3.63, 3.8) is 0 Å². The molecule has 0 unspecified atom stereocenters. The van der Waals surface area contributed by atoms with Crippen LogP contribution in [0.3, 0.4) is 0 Å². The van der Waals surface area contributed by atoms with Crippen LogP contribution in [0, 0.1) is 12.7 Å². The molecule has 2 aromatic carbocycles. The third-order valence-corrected chi connectivity index (χ3v) is 3.49. The molecule has 0 aliphatic carbocycles. The Morgan fingerprint density at radius 2 is 2.05 bits per heavy atom. The molecule has 0 bridgehead atoms. The molecular formula is C16H17BrFNO. The molecule has 106 valence electrons. The van der Waals surface area contributed by atoms with Gasteiger partial charge in [-0.15, -0.1) is 0 Å². The van der Waals surface area contributed by atoms with Crippen LogP contribution < -0.4 is 10.1 Å². The van der Waals surface area contributed by atoms with Crippen LogP contribution in [-0.2, 0) is 6.54 Å². The highest BCUT2D eigenvalue weighted by Gasteiger charge is 2.00. The van der Waals surface area contributed by atoms with Crippen molar-refractivity contribution in [1.29, 1.82) is 0 Å². The highest BCUT2D eigenvalue weighted by molar-refractivity contribution is 9.10. The van der Waals surface area contributed by atoms with E-state index in [1.54, 1.807) is 6.07 Å². The monoisotopic (exact) mass is 337 g/mol. The number of ether oxygens (including phenoxy) is 1. The highest BCUT2D eigenvalue weighted by Crippen LogP contribution is 2.16. The predicted octanol–water partition coefficient (Wildman–Crippen LogP) is 4.07. The minimum absolute atomic E-state index is 0.236. The summed E-state index contributed by atoms with van der Waals surface area (Å²) < 4.78 is 19.4. The number of benzene rings is 2. The minimum Gasteiger partial charge on any atom is -0.492 e. The molecule has 4 heteroatoms. The van der Waals surface area contributed by atoms with E-state index in [0.29, 0.717) is 24.2 Å². The van der Waals surface area contributed by atoms with Crippen LogP contribution in [-0.4, -0.2) is 13.2 Å². The van der Waals surface area contributed by atoms with Crippen LogP contribution in [0.2, 0.25) is 0 Å². The molecule has 0 aliphatic heterocycles. The van der Waals surface area contributed by atoms with Crippen molar-refractivity contribution in [3.8, 4) is 5.75 Å². The van der Waals surface area contributed by atoms with Crippen LogP contribution in [0.5, 0.6) is 5.75 Å². The first-order valence-electron chi connectivity index (χ1n) is 6.49. The molecule has 0 saturated carbocycles. The lowest BCUT2D eigenvalue weighted by Gasteiger charge is -2.08. The Bertz CT molecular complexity index is 574. The summed E-state index contributed by atoms with van der Waals surface area (Å²) in [4.78, 5) is 0. The van der Waals surface area contributed by atoms with Crippen LogP contribution in [0.25, 0.3) is 0 Å². The average Bonchev–Trinajstić information content (AvgIpc) is 2.42. The molecule has 0 atom stereocenters. The zero-order chi connectivity index (χ0) is 14.4. The Balaban J connectivity index is 1.70. The van der Waals surface area contributed by atoms with Gasteiger partial charge in [-0.3, -0.25) is 0 Å². The van der Waals surface area contributed by atoms with Gasteiger partial charge in [-0.05, 0) is 58.2 Å².